The second-order valence-electron chi connectivity index (χ2n) is 6.76. The van der Waals surface area contributed by atoms with Crippen LogP contribution in [-0.2, 0) is 9.59 Å². The van der Waals surface area contributed by atoms with Crippen LogP contribution in [0.2, 0.25) is 0 Å². The molecule has 1 saturated heterocycles. The number of rotatable bonds is 5. The molecule has 3 rings (SSSR count). The van der Waals surface area contributed by atoms with Gasteiger partial charge in [0.2, 0.25) is 11.8 Å². The first-order chi connectivity index (χ1) is 14.0. The van der Waals surface area contributed by atoms with Gasteiger partial charge < -0.3 is 15.0 Å². The van der Waals surface area contributed by atoms with Crippen molar-refractivity contribution in [2.75, 3.05) is 25.1 Å². The van der Waals surface area contributed by atoms with E-state index in [-0.39, 0.29) is 30.6 Å². The van der Waals surface area contributed by atoms with Crippen LogP contribution >= 0.6 is 0 Å². The van der Waals surface area contributed by atoms with E-state index in [0.717, 1.165) is 11.3 Å². The van der Waals surface area contributed by atoms with Crippen LogP contribution in [0.15, 0.2) is 48.5 Å². The number of hydrogen-bond acceptors (Lipinski definition) is 4. The molecule has 1 N–H and O–H groups in total. The van der Waals surface area contributed by atoms with Crippen LogP contribution in [0.1, 0.15) is 29.3 Å². The van der Waals surface area contributed by atoms with Gasteiger partial charge in [-0.15, -0.1) is 0 Å². The molecule has 29 heavy (non-hydrogen) atoms. The van der Waals surface area contributed by atoms with Gasteiger partial charge in [-0.25, -0.2) is 0 Å². The van der Waals surface area contributed by atoms with Gasteiger partial charge in [0.1, 0.15) is 5.75 Å². The minimum Gasteiger partial charge on any atom is -0.497 e. The summed E-state index contributed by atoms with van der Waals surface area (Å²) in [6, 6.07) is 14.2. The van der Waals surface area contributed by atoms with Crippen molar-refractivity contribution in [2.45, 2.75) is 13.3 Å². The molecule has 0 bridgehead atoms. The van der Waals surface area contributed by atoms with Crippen molar-refractivity contribution in [2.24, 2.45) is 5.92 Å². The topological polar surface area (TPSA) is 75.7 Å². The van der Waals surface area contributed by atoms with Crippen LogP contribution in [0.3, 0.4) is 0 Å². The highest BCUT2D eigenvalue weighted by molar-refractivity contribution is 6.00. The summed E-state index contributed by atoms with van der Waals surface area (Å²) in [4.78, 5) is 37.6. The third-order valence-electron chi connectivity index (χ3n) is 4.76. The molecular weight excluding hydrogens is 368 g/mol. The minimum atomic E-state index is -0.402. The average molecular weight is 390 g/mol. The first kappa shape index (κ1) is 20.2. The number of benzene rings is 2. The zero-order valence-electron chi connectivity index (χ0n) is 16.4. The third-order valence-corrected chi connectivity index (χ3v) is 4.76. The quantitative estimate of drug-likeness (QED) is 0.628. The lowest BCUT2D eigenvalue weighted by atomic mass is 10.1. The molecule has 1 fully saturated rings. The summed E-state index contributed by atoms with van der Waals surface area (Å²) >= 11 is 0. The van der Waals surface area contributed by atoms with Crippen molar-refractivity contribution in [1.29, 1.82) is 0 Å². The maximum absolute atomic E-state index is 12.4. The Morgan fingerprint density at radius 2 is 1.83 bits per heavy atom. The largest absolute Gasteiger partial charge is 0.497 e. The van der Waals surface area contributed by atoms with Gasteiger partial charge in [-0.05, 0) is 43.3 Å². The highest BCUT2D eigenvalue weighted by Crippen LogP contribution is 2.26. The molecular formula is C23H22N2O4. The van der Waals surface area contributed by atoms with Crippen molar-refractivity contribution in [3.63, 3.8) is 0 Å². The molecule has 2 amide bonds. The maximum Gasteiger partial charge on any atom is 0.227 e. The smallest absolute Gasteiger partial charge is 0.227 e. The summed E-state index contributed by atoms with van der Waals surface area (Å²) in [5.74, 6) is 5.89. The van der Waals surface area contributed by atoms with Crippen LogP contribution in [0.5, 0.6) is 5.75 Å². The number of hydrogen-bond donors (Lipinski definition) is 1. The van der Waals surface area contributed by atoms with Crippen molar-refractivity contribution in [3.8, 4) is 17.6 Å². The first-order valence-electron chi connectivity index (χ1n) is 9.30. The second-order valence-corrected chi connectivity index (χ2v) is 6.76. The molecule has 0 spiro atoms. The van der Waals surface area contributed by atoms with E-state index in [1.807, 2.05) is 0 Å². The number of ether oxygens (including phenoxy) is 1. The fourth-order valence-electron chi connectivity index (χ4n) is 3.11. The van der Waals surface area contributed by atoms with E-state index in [0.29, 0.717) is 17.9 Å². The average Bonchev–Trinajstić information content (AvgIpc) is 3.13. The van der Waals surface area contributed by atoms with Gasteiger partial charge in [-0.3, -0.25) is 14.4 Å². The lowest BCUT2D eigenvalue weighted by molar-refractivity contribution is -0.126. The van der Waals surface area contributed by atoms with Gasteiger partial charge in [0, 0.05) is 29.8 Å². The summed E-state index contributed by atoms with van der Waals surface area (Å²) < 4.78 is 5.13. The highest BCUT2D eigenvalue weighted by atomic mass is 16.5. The van der Waals surface area contributed by atoms with E-state index in [2.05, 4.69) is 17.2 Å². The zero-order chi connectivity index (χ0) is 20.8. The summed E-state index contributed by atoms with van der Waals surface area (Å²) in [6.07, 6.45) is 0.178. The first-order valence-corrected chi connectivity index (χ1v) is 9.30. The Kier molecular flexibility index (Phi) is 6.30. The Labute approximate surface area is 169 Å². The number of carbonyl (C=O) groups is 3. The number of amides is 2. The standard InChI is InChI=1S/C23H22N2O4/c1-16(26)18-7-5-17(6-8-18)4-3-13-24-23(28)19-14-22(27)25(15-19)20-9-11-21(29-2)12-10-20/h5-12,19H,13-15H2,1-2H3,(H,24,28). The van der Waals surface area contributed by atoms with E-state index < -0.39 is 5.92 Å². The maximum atomic E-state index is 12.4. The highest BCUT2D eigenvalue weighted by Gasteiger charge is 2.34. The van der Waals surface area contributed by atoms with Crippen LogP contribution < -0.4 is 15.0 Å². The van der Waals surface area contributed by atoms with Gasteiger partial charge in [0.15, 0.2) is 5.78 Å². The molecule has 6 heteroatoms. The van der Waals surface area contributed by atoms with Gasteiger partial charge in [0.25, 0.3) is 0 Å². The predicted octanol–water partition coefficient (Wildman–Crippen LogP) is 2.42. The fraction of sp³-hybridized carbons (Fsp3) is 0.261. The lowest BCUT2D eigenvalue weighted by Gasteiger charge is -2.16. The summed E-state index contributed by atoms with van der Waals surface area (Å²) in [5, 5.41) is 2.77. The van der Waals surface area contributed by atoms with E-state index in [1.54, 1.807) is 60.5 Å². The molecule has 1 unspecified atom stereocenters. The number of anilines is 1. The summed E-state index contributed by atoms with van der Waals surface area (Å²) in [5.41, 5.74) is 2.15. The molecule has 148 valence electrons. The molecule has 6 nitrogen and oxygen atoms in total. The van der Waals surface area contributed by atoms with Gasteiger partial charge in [-0.2, -0.15) is 0 Å². The SMILES string of the molecule is COc1ccc(N2CC(C(=O)NCC#Cc3ccc(C(C)=O)cc3)CC2=O)cc1. The van der Waals surface area contributed by atoms with Crippen LogP contribution in [0.25, 0.3) is 0 Å². The molecule has 2 aromatic rings. The van der Waals surface area contributed by atoms with Crippen molar-refractivity contribution in [1.82, 2.24) is 5.32 Å². The number of nitrogens with one attached hydrogen (secondary N) is 1. The Bertz CT molecular complexity index is 969. The molecule has 1 heterocycles. The Morgan fingerprint density at radius 3 is 2.45 bits per heavy atom. The molecule has 0 radical (unpaired) electrons. The monoisotopic (exact) mass is 390 g/mol. The number of nitrogens with zero attached hydrogens (tertiary/aromatic N) is 1. The summed E-state index contributed by atoms with van der Waals surface area (Å²) in [7, 11) is 1.58. The lowest BCUT2D eigenvalue weighted by Crippen LogP contribution is -2.33. The Morgan fingerprint density at radius 1 is 1.14 bits per heavy atom. The molecule has 1 atom stereocenters. The van der Waals surface area contributed by atoms with Crippen molar-refractivity contribution < 1.29 is 19.1 Å². The predicted molar refractivity (Wildman–Crippen MR) is 110 cm³/mol. The molecule has 0 aromatic heterocycles. The van der Waals surface area contributed by atoms with Crippen molar-refractivity contribution >= 4 is 23.3 Å². The van der Waals surface area contributed by atoms with Crippen LogP contribution in [0.4, 0.5) is 5.69 Å². The number of Topliss-reactive ketones (excluding diaryl/α,β-unsaturated/α-hetero) is 1. The third kappa shape index (κ3) is 5.02. The zero-order valence-corrected chi connectivity index (χ0v) is 16.4. The molecule has 1 aliphatic rings. The van der Waals surface area contributed by atoms with E-state index in [4.69, 9.17) is 4.74 Å². The van der Waals surface area contributed by atoms with Crippen LogP contribution in [0, 0.1) is 17.8 Å². The normalized spacial score (nSPS) is 15.4. The Balaban J connectivity index is 1.52. The molecule has 0 saturated carbocycles. The van der Waals surface area contributed by atoms with E-state index in [1.165, 1.54) is 6.92 Å². The van der Waals surface area contributed by atoms with Crippen LogP contribution in [-0.4, -0.2) is 37.8 Å². The molecule has 0 aliphatic carbocycles. The van der Waals surface area contributed by atoms with Gasteiger partial charge >= 0.3 is 0 Å². The number of carbonyl (C=O) groups excluding carboxylic acids is 3. The summed E-state index contributed by atoms with van der Waals surface area (Å²) in [6.45, 7) is 2.05. The minimum absolute atomic E-state index is 0.00608. The fourth-order valence-corrected chi connectivity index (χ4v) is 3.11. The van der Waals surface area contributed by atoms with E-state index >= 15 is 0 Å². The Hall–Kier alpha value is -3.59. The van der Waals surface area contributed by atoms with Gasteiger partial charge in [0.05, 0.1) is 19.6 Å². The molecule has 2 aromatic carbocycles. The number of methoxy groups -OCH3 is 1. The van der Waals surface area contributed by atoms with Crippen molar-refractivity contribution in [3.05, 3.63) is 59.7 Å². The molecule has 1 aliphatic heterocycles. The number of ketones is 1. The van der Waals surface area contributed by atoms with E-state index in [9.17, 15) is 14.4 Å². The second kappa shape index (κ2) is 9.07. The van der Waals surface area contributed by atoms with Gasteiger partial charge in [-0.1, -0.05) is 24.0 Å².